The fraction of sp³-hybridized carbons (Fsp3) is 0.409. The highest BCUT2D eigenvalue weighted by Gasteiger charge is 2.19. The Balaban J connectivity index is 1.63. The van der Waals surface area contributed by atoms with Gasteiger partial charge in [0.2, 0.25) is 0 Å². The summed E-state index contributed by atoms with van der Waals surface area (Å²) in [6, 6.07) is 12.4. The van der Waals surface area contributed by atoms with E-state index >= 15 is 0 Å². The Labute approximate surface area is 144 Å². The number of carbonyl (C=O) groups is 1. The quantitative estimate of drug-likeness (QED) is 0.386. The van der Waals surface area contributed by atoms with Gasteiger partial charge in [-0.2, -0.15) is 0 Å². The Morgan fingerprint density at radius 2 is 1.67 bits per heavy atom. The van der Waals surface area contributed by atoms with Crippen molar-refractivity contribution < 1.29 is 9.53 Å². The van der Waals surface area contributed by atoms with Crippen molar-refractivity contribution in [2.45, 2.75) is 52.4 Å². The van der Waals surface area contributed by atoms with Crippen LogP contribution in [-0.4, -0.2) is 12.4 Å². The molecule has 0 aromatic heterocycles. The van der Waals surface area contributed by atoms with Crippen molar-refractivity contribution in [3.8, 4) is 16.9 Å². The van der Waals surface area contributed by atoms with Gasteiger partial charge < -0.3 is 4.74 Å². The van der Waals surface area contributed by atoms with Crippen LogP contribution in [0.1, 0.15) is 67.4 Å². The number of hydrogen-bond acceptors (Lipinski definition) is 2. The maximum atomic E-state index is 11.6. The summed E-state index contributed by atoms with van der Waals surface area (Å²) in [6.07, 6.45) is 7.16. The zero-order chi connectivity index (χ0) is 16.9. The molecule has 0 radical (unpaired) electrons. The number of fused-ring (bicyclic) bond motifs is 3. The second kappa shape index (κ2) is 7.65. The molecule has 0 atom stereocenters. The first-order valence-corrected chi connectivity index (χ1v) is 9.09. The Morgan fingerprint density at radius 1 is 0.958 bits per heavy atom. The van der Waals surface area contributed by atoms with Gasteiger partial charge in [0.05, 0.1) is 6.61 Å². The van der Waals surface area contributed by atoms with Crippen molar-refractivity contribution in [1.29, 1.82) is 0 Å². The summed E-state index contributed by atoms with van der Waals surface area (Å²) in [6.45, 7) is 4.65. The molecule has 2 nitrogen and oxygen atoms in total. The molecule has 0 heterocycles. The minimum absolute atomic E-state index is 0.126. The van der Waals surface area contributed by atoms with Gasteiger partial charge in [-0.05, 0) is 60.2 Å². The first kappa shape index (κ1) is 16.8. The summed E-state index contributed by atoms with van der Waals surface area (Å²) in [5.74, 6) is 1.09. The molecule has 2 heteroatoms. The largest absolute Gasteiger partial charge is 0.494 e. The van der Waals surface area contributed by atoms with Crippen molar-refractivity contribution in [2.24, 2.45) is 0 Å². The van der Waals surface area contributed by atoms with Crippen LogP contribution >= 0.6 is 0 Å². The van der Waals surface area contributed by atoms with Gasteiger partial charge in [0.25, 0.3) is 0 Å². The predicted molar refractivity (Wildman–Crippen MR) is 98.9 cm³/mol. The molecule has 2 aromatic rings. The first-order valence-electron chi connectivity index (χ1n) is 9.09. The molecule has 1 aliphatic carbocycles. The van der Waals surface area contributed by atoms with Crippen LogP contribution in [0.15, 0.2) is 36.4 Å². The molecule has 0 amide bonds. The maximum absolute atomic E-state index is 11.6. The molecular formula is C22H26O2. The number of ketones is 1. The van der Waals surface area contributed by atoms with Gasteiger partial charge in [-0.3, -0.25) is 4.79 Å². The van der Waals surface area contributed by atoms with Crippen molar-refractivity contribution in [3.63, 3.8) is 0 Å². The second-order valence-electron chi connectivity index (χ2n) is 6.69. The van der Waals surface area contributed by atoms with E-state index in [2.05, 4.69) is 31.2 Å². The lowest BCUT2D eigenvalue weighted by Gasteiger charge is -2.08. The molecule has 24 heavy (non-hydrogen) atoms. The molecule has 0 bridgehead atoms. The summed E-state index contributed by atoms with van der Waals surface area (Å²) in [4.78, 5) is 11.6. The van der Waals surface area contributed by atoms with Crippen molar-refractivity contribution in [1.82, 2.24) is 0 Å². The van der Waals surface area contributed by atoms with Gasteiger partial charge in [-0.15, -0.1) is 0 Å². The summed E-state index contributed by atoms with van der Waals surface area (Å²) < 4.78 is 5.92. The lowest BCUT2D eigenvalue weighted by Crippen LogP contribution is -1.97. The summed E-state index contributed by atoms with van der Waals surface area (Å²) in [7, 11) is 0. The molecule has 0 fully saturated rings. The molecule has 0 unspecified atom stereocenters. The normalized spacial score (nSPS) is 11.9. The molecule has 3 rings (SSSR count). The molecule has 0 saturated heterocycles. The highest BCUT2D eigenvalue weighted by atomic mass is 16.5. The Hall–Kier alpha value is -2.09. The van der Waals surface area contributed by atoms with Gasteiger partial charge in [0.1, 0.15) is 5.75 Å². The van der Waals surface area contributed by atoms with Gasteiger partial charge in [-0.1, -0.05) is 50.8 Å². The third-order valence-electron chi connectivity index (χ3n) is 4.78. The minimum atomic E-state index is 0.126. The number of ether oxygens (including phenoxy) is 1. The topological polar surface area (TPSA) is 26.3 Å². The fourth-order valence-corrected chi connectivity index (χ4v) is 3.39. The average molecular weight is 322 g/mol. The minimum Gasteiger partial charge on any atom is -0.494 e. The molecular weight excluding hydrogens is 296 g/mol. The van der Waals surface area contributed by atoms with Crippen molar-refractivity contribution in [2.75, 3.05) is 6.61 Å². The van der Waals surface area contributed by atoms with Crippen molar-refractivity contribution >= 4 is 5.78 Å². The van der Waals surface area contributed by atoms with E-state index in [9.17, 15) is 4.79 Å². The van der Waals surface area contributed by atoms with E-state index in [1.165, 1.54) is 47.9 Å². The SMILES string of the molecule is CCCCCCCOc1ccc2c(c1)Cc1cc(C(C)=O)ccc1-2. The molecule has 126 valence electrons. The number of rotatable bonds is 8. The van der Waals surface area contributed by atoms with E-state index in [0.717, 1.165) is 30.8 Å². The lowest BCUT2D eigenvalue weighted by molar-refractivity contribution is 0.101. The zero-order valence-corrected chi connectivity index (χ0v) is 14.7. The zero-order valence-electron chi connectivity index (χ0n) is 14.7. The van der Waals surface area contributed by atoms with Crippen LogP contribution in [0.4, 0.5) is 0 Å². The van der Waals surface area contributed by atoms with Crippen LogP contribution in [0.25, 0.3) is 11.1 Å². The number of benzene rings is 2. The summed E-state index contributed by atoms with van der Waals surface area (Å²) in [5.41, 5.74) is 5.87. The molecule has 0 spiro atoms. The number of Topliss-reactive ketones (excluding diaryl/α,β-unsaturated/α-hetero) is 1. The van der Waals surface area contributed by atoms with E-state index in [1.54, 1.807) is 6.92 Å². The van der Waals surface area contributed by atoms with Crippen LogP contribution in [-0.2, 0) is 6.42 Å². The van der Waals surface area contributed by atoms with E-state index in [0.29, 0.717) is 0 Å². The standard InChI is InChI=1S/C22H26O2/c1-3-4-5-6-7-12-24-20-9-11-22-19(15-20)14-18-13-17(16(2)23)8-10-21(18)22/h8-11,13,15H,3-7,12,14H2,1-2H3. The molecule has 0 aliphatic heterocycles. The van der Waals surface area contributed by atoms with Crippen LogP contribution in [0.2, 0.25) is 0 Å². The van der Waals surface area contributed by atoms with E-state index in [-0.39, 0.29) is 5.78 Å². The molecule has 1 aliphatic rings. The smallest absolute Gasteiger partial charge is 0.159 e. The van der Waals surface area contributed by atoms with Gasteiger partial charge >= 0.3 is 0 Å². The first-order chi connectivity index (χ1) is 11.7. The van der Waals surface area contributed by atoms with E-state index < -0.39 is 0 Å². The predicted octanol–water partition coefficient (Wildman–Crippen LogP) is 5.81. The number of carbonyl (C=O) groups excluding carboxylic acids is 1. The maximum Gasteiger partial charge on any atom is 0.159 e. The average Bonchev–Trinajstić information content (AvgIpc) is 2.94. The van der Waals surface area contributed by atoms with Gasteiger partial charge in [-0.25, -0.2) is 0 Å². The molecule has 2 aromatic carbocycles. The van der Waals surface area contributed by atoms with Crippen LogP contribution in [0.5, 0.6) is 5.75 Å². The fourth-order valence-electron chi connectivity index (χ4n) is 3.39. The van der Waals surface area contributed by atoms with E-state index in [1.807, 2.05) is 12.1 Å². The Bertz CT molecular complexity index is 731. The highest BCUT2D eigenvalue weighted by molar-refractivity contribution is 5.95. The Kier molecular flexibility index (Phi) is 5.34. The third-order valence-corrected chi connectivity index (χ3v) is 4.78. The monoisotopic (exact) mass is 322 g/mol. The lowest BCUT2D eigenvalue weighted by atomic mass is 10.0. The third kappa shape index (κ3) is 3.69. The van der Waals surface area contributed by atoms with Crippen LogP contribution in [0, 0.1) is 0 Å². The van der Waals surface area contributed by atoms with Crippen LogP contribution < -0.4 is 4.74 Å². The molecule has 0 saturated carbocycles. The van der Waals surface area contributed by atoms with Gasteiger partial charge in [0, 0.05) is 5.56 Å². The van der Waals surface area contributed by atoms with E-state index in [4.69, 9.17) is 4.74 Å². The highest BCUT2D eigenvalue weighted by Crippen LogP contribution is 2.38. The molecule has 0 N–H and O–H groups in total. The summed E-state index contributed by atoms with van der Waals surface area (Å²) >= 11 is 0. The van der Waals surface area contributed by atoms with Crippen LogP contribution in [0.3, 0.4) is 0 Å². The number of hydrogen-bond donors (Lipinski definition) is 0. The number of unbranched alkanes of at least 4 members (excludes halogenated alkanes) is 4. The summed E-state index contributed by atoms with van der Waals surface area (Å²) in [5, 5.41) is 0. The van der Waals surface area contributed by atoms with Crippen molar-refractivity contribution in [3.05, 3.63) is 53.1 Å². The van der Waals surface area contributed by atoms with Gasteiger partial charge in [0.15, 0.2) is 5.78 Å². The second-order valence-corrected chi connectivity index (χ2v) is 6.69. The Morgan fingerprint density at radius 3 is 2.42 bits per heavy atom.